The molecule has 2 saturated carbocycles. The van der Waals surface area contributed by atoms with Crippen molar-refractivity contribution >= 4 is 79.6 Å². The molecule has 6 aromatic heterocycles. The van der Waals surface area contributed by atoms with Crippen molar-refractivity contribution in [1.29, 1.82) is 0 Å². The van der Waals surface area contributed by atoms with E-state index in [2.05, 4.69) is 161 Å². The summed E-state index contributed by atoms with van der Waals surface area (Å²) in [6, 6.07) is 13.0. The van der Waals surface area contributed by atoms with Gasteiger partial charge in [-0.15, -0.1) is 0 Å². The smallest absolute Gasteiger partial charge is 0.444 e. The maximum Gasteiger partial charge on any atom is 0.494 e. The molecule has 26 nitrogen and oxygen atoms in total. The van der Waals surface area contributed by atoms with Gasteiger partial charge in [-0.2, -0.15) is 10.2 Å². The number of H-pyrrole nitrogens is 2. The van der Waals surface area contributed by atoms with E-state index in [1.54, 1.807) is 0 Å². The third kappa shape index (κ3) is 12.8. The van der Waals surface area contributed by atoms with Gasteiger partial charge in [0.15, 0.2) is 5.65 Å². The van der Waals surface area contributed by atoms with Crippen LogP contribution in [0.4, 0.5) is 16.7 Å². The lowest BCUT2D eigenvalue weighted by atomic mass is 9.74. The maximum absolute atomic E-state index is 12.3. The second-order valence-corrected chi connectivity index (χ2v) is 25.6. The van der Waals surface area contributed by atoms with Crippen molar-refractivity contribution in [2.24, 2.45) is 59.6 Å². The zero-order valence-corrected chi connectivity index (χ0v) is 51.5. The van der Waals surface area contributed by atoms with E-state index >= 15 is 0 Å². The number of ether oxygens (including phenoxy) is 1. The summed E-state index contributed by atoms with van der Waals surface area (Å²) in [5, 5.41) is 36.5. The molecule has 85 heavy (non-hydrogen) atoms. The zero-order chi connectivity index (χ0) is 60.3. The summed E-state index contributed by atoms with van der Waals surface area (Å²) < 4.78 is 22.7. The lowest BCUT2D eigenvalue weighted by molar-refractivity contribution is 0.00578. The Morgan fingerprint density at radius 2 is 1.26 bits per heavy atom. The minimum atomic E-state index is -0.472. The summed E-state index contributed by atoms with van der Waals surface area (Å²) in [5.74, 6) is 11.0. The van der Waals surface area contributed by atoms with Gasteiger partial charge in [-0.1, -0.05) is 47.6 Å². The van der Waals surface area contributed by atoms with Gasteiger partial charge in [-0.25, -0.2) is 24.7 Å². The number of amides is 1. The molecule has 450 valence electrons. The highest BCUT2D eigenvalue weighted by atomic mass is 79.9. The molecule has 0 unspecified atom stereocenters. The number of fused-ring (bicyclic) bond motifs is 4. The standard InChI is InChI=1S/C23H27N7.C21H30BrN5O2.C13H17BN2O2.H4N8/c1-15-20(16-4-5-17-14-26-28-18(17)13-16)21-25-9-12-30(21)22(27-15)29-10-7-23(8-11-29)6-2-3-19(23)24;1-14-16(22)17-23-10-13-27(17)18(24-14)26-11-8-21(9-12-26)7-5-6-15(21)25-19(28)29-20(2,3)4;1-12(2)13(3,4)18-14(17-12)10-6-5-9-8-15-16-11(9)7-10;1-3-5-7-8-6-4-2/h4-5,9,12-14,19H,2-3,6-8,10-11,24H2,1H3,(H,26,28);10,13,15H,5-9,11-12H2,1-4H3,(H,25,28);5-8H,1-4H3,(H,15,16);(H2,1,4,5,8)(H2,2,3,6,7)/t19-;15-;;/m11../s1. The number of carbonyl (C=O) groups is 1. The number of halogens is 1. The summed E-state index contributed by atoms with van der Waals surface area (Å²) in [5.41, 5.74) is 14.9. The Labute approximate surface area is 502 Å². The first-order chi connectivity index (χ1) is 40.6. The summed E-state index contributed by atoms with van der Waals surface area (Å²) >= 11 is 3.60. The Kier molecular flexibility index (Phi) is 17.6. The molecule has 3 aliphatic heterocycles. The molecule has 13 rings (SSSR count). The molecule has 2 spiro atoms. The molecule has 2 atom stereocenters. The third-order valence-electron chi connectivity index (χ3n) is 18.0. The van der Waals surface area contributed by atoms with E-state index in [1.807, 2.05) is 83.1 Å². The molecule has 0 bridgehead atoms. The molecule has 0 radical (unpaired) electrons. The van der Waals surface area contributed by atoms with Crippen molar-refractivity contribution in [3.63, 3.8) is 0 Å². The Morgan fingerprint density at radius 3 is 1.84 bits per heavy atom. The monoisotopic (exact) mass is 1220 g/mol. The van der Waals surface area contributed by atoms with Gasteiger partial charge in [-0.05, 0) is 184 Å². The average Bonchev–Trinajstić information content (AvgIpc) is 2.12. The predicted molar refractivity (Wildman–Crippen MR) is 330 cm³/mol. The minimum Gasteiger partial charge on any atom is -0.444 e. The van der Waals surface area contributed by atoms with Crippen LogP contribution in [0.2, 0.25) is 0 Å². The van der Waals surface area contributed by atoms with Gasteiger partial charge in [0.25, 0.3) is 0 Å². The number of piperidine rings is 2. The van der Waals surface area contributed by atoms with Crippen LogP contribution in [0, 0.1) is 24.7 Å². The number of carbonyl (C=O) groups excluding carboxylic acids is 1. The number of anilines is 2. The van der Waals surface area contributed by atoms with Crippen LogP contribution in [0.25, 0.3) is 44.2 Å². The van der Waals surface area contributed by atoms with Crippen molar-refractivity contribution in [3.05, 3.63) is 89.4 Å². The Bertz CT molecular complexity index is 3690. The fourth-order valence-electron chi connectivity index (χ4n) is 12.7. The molecule has 9 heterocycles. The van der Waals surface area contributed by atoms with E-state index < -0.39 is 5.60 Å². The van der Waals surface area contributed by atoms with Gasteiger partial charge in [0.1, 0.15) is 11.2 Å². The van der Waals surface area contributed by atoms with Gasteiger partial charge in [-0.3, -0.25) is 19.0 Å². The van der Waals surface area contributed by atoms with Crippen LogP contribution in [-0.2, 0) is 14.0 Å². The number of nitrogens with one attached hydrogen (secondary N) is 3. The largest absolute Gasteiger partial charge is 0.494 e. The molecule has 28 heteroatoms. The van der Waals surface area contributed by atoms with Crippen molar-refractivity contribution in [1.82, 2.24) is 54.4 Å². The van der Waals surface area contributed by atoms with Crippen LogP contribution in [0.15, 0.2) is 109 Å². The van der Waals surface area contributed by atoms with Crippen LogP contribution >= 0.6 is 15.9 Å². The third-order valence-corrected chi connectivity index (χ3v) is 18.9. The Balaban J connectivity index is 0.000000136. The number of hydrogen-bond donors (Lipinski definition) is 6. The fourth-order valence-corrected chi connectivity index (χ4v) is 13.0. The molecule has 9 N–H and O–H groups in total. The lowest BCUT2D eigenvalue weighted by Gasteiger charge is -2.43. The highest BCUT2D eigenvalue weighted by Crippen LogP contribution is 2.48. The molecule has 8 aromatic rings. The maximum atomic E-state index is 12.3. The topological polar surface area (TPSA) is 333 Å². The summed E-state index contributed by atoms with van der Waals surface area (Å²) in [6.07, 6.45) is 22.5. The Morgan fingerprint density at radius 1 is 0.729 bits per heavy atom. The number of rotatable bonds is 7. The van der Waals surface area contributed by atoms with E-state index in [9.17, 15) is 4.79 Å². The molecule has 5 aliphatic rings. The molecule has 5 fully saturated rings. The SMILES string of the molecule is CC1(C)OB(c2ccc3cn[nH]c3c2)OC1(C)C.Cc1nc(N2CCC3(CCC[C@H]3N)CC2)n2ccnc2c1-c1ccc2cn[nH]c2c1.Cc1nc(N2CCC3(CCC[C@H]3NC(=O)OC(C)(C)C)CC2)n2ccnc2c1Br.N/N=N/N=N/N=N/N. The summed E-state index contributed by atoms with van der Waals surface area (Å²) in [7, 11) is -0.317. The van der Waals surface area contributed by atoms with Crippen molar-refractivity contribution < 1.29 is 18.8 Å². The van der Waals surface area contributed by atoms with Crippen LogP contribution in [0.3, 0.4) is 0 Å². The van der Waals surface area contributed by atoms with E-state index in [4.69, 9.17) is 34.7 Å². The lowest BCUT2D eigenvalue weighted by Crippen LogP contribution is -2.51. The number of aryl methyl sites for hydroxylation is 2. The van der Waals surface area contributed by atoms with E-state index in [1.165, 1.54) is 19.3 Å². The van der Waals surface area contributed by atoms with Crippen LogP contribution in [0.5, 0.6) is 0 Å². The summed E-state index contributed by atoms with van der Waals surface area (Å²) in [6.45, 7) is 21.9. The van der Waals surface area contributed by atoms with Gasteiger partial charge in [0.05, 0.1) is 50.5 Å². The number of benzene rings is 2. The highest BCUT2D eigenvalue weighted by molar-refractivity contribution is 9.10. The number of nitrogens with two attached hydrogens (primary N) is 3. The predicted octanol–water partition coefficient (Wildman–Crippen LogP) is 9.93. The molecular weight excluding hydrogens is 1150 g/mol. The number of imidazole rings is 2. The minimum absolute atomic E-state index is 0.159. The van der Waals surface area contributed by atoms with E-state index in [0.29, 0.717) is 11.5 Å². The molecular formula is C57H78BBrN22O4. The van der Waals surface area contributed by atoms with Crippen molar-refractivity contribution in [2.45, 2.75) is 155 Å². The van der Waals surface area contributed by atoms with Crippen LogP contribution in [0.1, 0.15) is 124 Å². The average molecular weight is 1230 g/mol. The first-order valence-corrected chi connectivity index (χ1v) is 29.8. The number of nitrogens with zero attached hydrogens (tertiary/aromatic N) is 16. The van der Waals surface area contributed by atoms with Gasteiger partial charge in [0.2, 0.25) is 11.9 Å². The molecule has 2 aromatic carbocycles. The molecule has 3 saturated heterocycles. The van der Waals surface area contributed by atoms with Crippen LogP contribution in [-0.4, -0.2) is 117 Å². The second-order valence-electron chi connectivity index (χ2n) is 24.8. The number of hydrogen-bond acceptors (Lipinski definition) is 15. The zero-order valence-electron chi connectivity index (χ0n) is 50.0. The van der Waals surface area contributed by atoms with Crippen molar-refractivity contribution in [3.8, 4) is 11.1 Å². The van der Waals surface area contributed by atoms with E-state index in [-0.39, 0.29) is 35.9 Å². The van der Waals surface area contributed by atoms with Crippen LogP contribution < -0.4 is 38.0 Å². The quantitative estimate of drug-likeness (QED) is 0.0374. The van der Waals surface area contributed by atoms with Gasteiger partial charge >= 0.3 is 13.2 Å². The number of alkyl carbamates (subject to hydrolysis) is 1. The fraction of sp³-hybridized carbons (Fsp3) is 0.526. The number of aromatic amines is 2. The van der Waals surface area contributed by atoms with Gasteiger partial charge < -0.3 is 46.6 Å². The normalized spacial score (nSPS) is 20.7. The highest BCUT2D eigenvalue weighted by Gasteiger charge is 2.52. The Hall–Kier alpha value is -7.69. The molecule has 2 aliphatic carbocycles. The van der Waals surface area contributed by atoms with Gasteiger partial charge in [0, 0.05) is 79.4 Å². The van der Waals surface area contributed by atoms with E-state index in [0.717, 1.165) is 149 Å². The number of aromatic nitrogens is 10. The van der Waals surface area contributed by atoms with Crippen molar-refractivity contribution in [2.75, 3.05) is 36.0 Å². The first-order valence-electron chi connectivity index (χ1n) is 29.0. The molecule has 1 amide bonds. The first kappa shape index (κ1) is 60.4. The summed E-state index contributed by atoms with van der Waals surface area (Å²) in [4.78, 5) is 36.2. The second kappa shape index (κ2) is 24.7.